The fraction of sp³-hybridized carbons (Fsp3) is 0.891. The molecule has 0 saturated heterocycles. The van der Waals surface area contributed by atoms with Crippen molar-refractivity contribution in [2.75, 3.05) is 6.61 Å². The second kappa shape index (κ2) is 49.4. The van der Waals surface area contributed by atoms with Gasteiger partial charge in [-0.2, -0.15) is 0 Å². The van der Waals surface area contributed by atoms with E-state index in [4.69, 9.17) is 4.74 Å². The largest absolute Gasteiger partial charge is 0.462 e. The lowest BCUT2D eigenvalue weighted by atomic mass is 10.0. The third kappa shape index (κ3) is 44.7. The number of amides is 1. The number of allylic oxidation sites excluding steroid dienone is 4. The summed E-state index contributed by atoms with van der Waals surface area (Å²) in [6.07, 6.45) is 56.7. The van der Waals surface area contributed by atoms with Gasteiger partial charge in [-0.3, -0.25) is 9.59 Å². The molecule has 0 spiro atoms. The van der Waals surface area contributed by atoms with Crippen molar-refractivity contribution in [3.63, 3.8) is 0 Å². The zero-order valence-electron chi connectivity index (χ0n) is 41.1. The third-order valence-electron chi connectivity index (χ3n) is 12.5. The summed E-state index contributed by atoms with van der Waals surface area (Å²) in [6, 6.07) is -0.704. The summed E-state index contributed by atoms with van der Waals surface area (Å²) in [5.74, 6) is -0.488. The van der Waals surface area contributed by atoms with Crippen LogP contribution >= 0.6 is 0 Å². The lowest BCUT2D eigenvalue weighted by Gasteiger charge is -2.24. The zero-order chi connectivity index (χ0) is 44.5. The Morgan fingerprint density at radius 2 is 0.787 bits per heavy atom. The molecule has 0 aromatic rings. The van der Waals surface area contributed by atoms with Gasteiger partial charge in [-0.25, -0.2) is 0 Å². The molecule has 6 heteroatoms. The second-order valence-corrected chi connectivity index (χ2v) is 18.6. The van der Waals surface area contributed by atoms with Crippen LogP contribution in [-0.2, 0) is 14.3 Å². The van der Waals surface area contributed by atoms with E-state index in [9.17, 15) is 19.8 Å². The van der Waals surface area contributed by atoms with Crippen LogP contribution in [0.1, 0.15) is 290 Å². The van der Waals surface area contributed by atoms with Gasteiger partial charge in [0.15, 0.2) is 0 Å². The Hall–Kier alpha value is -1.66. The fourth-order valence-corrected chi connectivity index (χ4v) is 8.36. The van der Waals surface area contributed by atoms with Crippen molar-refractivity contribution in [1.82, 2.24) is 5.32 Å². The molecule has 61 heavy (non-hydrogen) atoms. The van der Waals surface area contributed by atoms with Gasteiger partial charge in [-0.1, -0.05) is 225 Å². The first-order valence-corrected chi connectivity index (χ1v) is 27.1. The summed E-state index contributed by atoms with van der Waals surface area (Å²) in [7, 11) is 0. The molecule has 1 amide bonds. The van der Waals surface area contributed by atoms with E-state index in [1.54, 1.807) is 0 Å². The molecule has 0 saturated carbocycles. The van der Waals surface area contributed by atoms with E-state index in [1.165, 1.54) is 173 Å². The normalized spacial score (nSPS) is 13.3. The van der Waals surface area contributed by atoms with E-state index < -0.39 is 18.2 Å². The van der Waals surface area contributed by atoms with E-state index in [0.717, 1.165) is 70.6 Å². The monoisotopic (exact) mass is 860 g/mol. The van der Waals surface area contributed by atoms with Crippen molar-refractivity contribution in [1.29, 1.82) is 0 Å². The van der Waals surface area contributed by atoms with E-state index in [-0.39, 0.29) is 24.9 Å². The highest BCUT2D eigenvalue weighted by molar-refractivity contribution is 5.77. The molecule has 3 N–H and O–H groups in total. The van der Waals surface area contributed by atoms with Gasteiger partial charge in [-0.15, -0.1) is 0 Å². The van der Waals surface area contributed by atoms with Crippen LogP contribution in [0.15, 0.2) is 24.3 Å². The minimum atomic E-state index is -0.789. The number of ether oxygens (including phenoxy) is 1. The van der Waals surface area contributed by atoms with Crippen molar-refractivity contribution in [3.8, 4) is 0 Å². The summed E-state index contributed by atoms with van der Waals surface area (Å²) in [6.45, 7) is 6.47. The zero-order valence-corrected chi connectivity index (χ0v) is 41.1. The lowest BCUT2D eigenvalue weighted by molar-refractivity contribution is -0.151. The first-order valence-electron chi connectivity index (χ1n) is 27.1. The predicted molar refractivity (Wildman–Crippen MR) is 264 cm³/mol. The highest BCUT2D eigenvalue weighted by Gasteiger charge is 2.24. The molecule has 0 fully saturated rings. The number of aliphatic hydroxyl groups excluding tert-OH is 2. The van der Waals surface area contributed by atoms with Gasteiger partial charge in [0.05, 0.1) is 25.2 Å². The van der Waals surface area contributed by atoms with E-state index in [0.29, 0.717) is 19.3 Å². The van der Waals surface area contributed by atoms with Crippen LogP contribution in [0.25, 0.3) is 0 Å². The maximum Gasteiger partial charge on any atom is 0.306 e. The van der Waals surface area contributed by atoms with Crippen LogP contribution in [0.3, 0.4) is 0 Å². The first kappa shape index (κ1) is 59.3. The number of hydrogen-bond donors (Lipinski definition) is 3. The highest BCUT2D eigenvalue weighted by Crippen LogP contribution is 2.18. The molecule has 0 aliphatic carbocycles. The van der Waals surface area contributed by atoms with Crippen LogP contribution in [0.5, 0.6) is 0 Å². The van der Waals surface area contributed by atoms with E-state index in [1.807, 2.05) is 0 Å². The molecule has 0 bridgehead atoms. The predicted octanol–water partition coefficient (Wildman–Crippen LogP) is 16.3. The van der Waals surface area contributed by atoms with Crippen molar-refractivity contribution in [2.24, 2.45) is 0 Å². The number of unbranched alkanes of at least 4 members (excludes halogenated alkanes) is 33. The minimum absolute atomic E-state index is 0.0673. The number of nitrogens with one attached hydrogen (secondary N) is 1. The summed E-state index contributed by atoms with van der Waals surface area (Å²) in [4.78, 5) is 26.1. The van der Waals surface area contributed by atoms with Crippen LogP contribution in [0.4, 0.5) is 0 Å². The molecule has 3 atom stereocenters. The van der Waals surface area contributed by atoms with Gasteiger partial charge >= 0.3 is 5.97 Å². The Bertz CT molecular complexity index is 966. The van der Waals surface area contributed by atoms with Crippen LogP contribution in [0.2, 0.25) is 0 Å². The molecule has 0 aliphatic heterocycles. The average molecular weight is 860 g/mol. The average Bonchev–Trinajstić information content (AvgIpc) is 3.25. The number of carbonyl (C=O) groups excluding carboxylic acids is 2. The minimum Gasteiger partial charge on any atom is -0.462 e. The summed E-state index contributed by atoms with van der Waals surface area (Å²) in [5.41, 5.74) is 0. The topological polar surface area (TPSA) is 95.9 Å². The van der Waals surface area contributed by atoms with Gasteiger partial charge < -0.3 is 20.3 Å². The standard InChI is InChI=1S/C55H105NO5/c1-4-7-10-13-16-19-22-24-26-27-28-29-31-33-36-39-42-45-48-55(60)61-51(46-43-40-37-34-21-18-15-12-9-6-3)49-54(59)56-52(50-57)53(58)47-44-41-38-35-32-30-25-23-20-17-14-11-8-5-2/h18,21,28-29,51-53,57-58H,4-17,19-20,22-27,30-50H2,1-3H3,(H,56,59)/b21-18-,29-28+. The van der Waals surface area contributed by atoms with Crippen molar-refractivity contribution in [3.05, 3.63) is 24.3 Å². The smallest absolute Gasteiger partial charge is 0.306 e. The molecular weight excluding hydrogens is 755 g/mol. The molecule has 0 aromatic carbocycles. The number of carbonyl (C=O) groups is 2. The van der Waals surface area contributed by atoms with Crippen molar-refractivity contribution >= 4 is 11.9 Å². The molecule has 0 heterocycles. The third-order valence-corrected chi connectivity index (χ3v) is 12.5. The number of rotatable bonds is 49. The maximum atomic E-state index is 13.2. The molecule has 0 rings (SSSR count). The van der Waals surface area contributed by atoms with Gasteiger partial charge in [0.2, 0.25) is 5.91 Å². The Kier molecular flexibility index (Phi) is 48.0. The van der Waals surface area contributed by atoms with Gasteiger partial charge in [0.25, 0.3) is 0 Å². The molecular formula is C55H105NO5. The highest BCUT2D eigenvalue weighted by atomic mass is 16.5. The van der Waals surface area contributed by atoms with Crippen LogP contribution < -0.4 is 5.32 Å². The van der Waals surface area contributed by atoms with Crippen LogP contribution in [0, 0.1) is 0 Å². The van der Waals surface area contributed by atoms with Crippen molar-refractivity contribution < 1.29 is 24.5 Å². The second-order valence-electron chi connectivity index (χ2n) is 18.6. The molecule has 360 valence electrons. The van der Waals surface area contributed by atoms with Crippen molar-refractivity contribution in [2.45, 2.75) is 309 Å². The lowest BCUT2D eigenvalue weighted by Crippen LogP contribution is -2.46. The molecule has 0 aromatic heterocycles. The molecule has 0 aliphatic rings. The first-order chi connectivity index (χ1) is 30.0. The summed E-state index contributed by atoms with van der Waals surface area (Å²) < 4.78 is 5.92. The number of esters is 1. The molecule has 0 radical (unpaired) electrons. The summed E-state index contributed by atoms with van der Waals surface area (Å²) in [5, 5.41) is 23.8. The van der Waals surface area contributed by atoms with Gasteiger partial charge in [-0.05, 0) is 77.0 Å². The number of aliphatic hydroxyl groups is 2. The molecule has 3 unspecified atom stereocenters. The van der Waals surface area contributed by atoms with Gasteiger partial charge in [0.1, 0.15) is 6.10 Å². The number of hydrogen-bond acceptors (Lipinski definition) is 5. The van der Waals surface area contributed by atoms with Gasteiger partial charge in [0, 0.05) is 6.42 Å². The summed E-state index contributed by atoms with van der Waals surface area (Å²) >= 11 is 0. The van der Waals surface area contributed by atoms with E-state index in [2.05, 4.69) is 50.4 Å². The Morgan fingerprint density at radius 1 is 0.459 bits per heavy atom. The molecule has 6 nitrogen and oxygen atoms in total. The Labute approximate surface area is 380 Å². The fourth-order valence-electron chi connectivity index (χ4n) is 8.36. The quantitative estimate of drug-likeness (QED) is 0.0322. The SMILES string of the molecule is CCCCC/C=C\CCCCCC(CC(=O)NC(CO)C(O)CCCCCCCCCCCCCCCC)OC(=O)CCCCCCC/C=C/CCCCCCCCCCC. The Balaban J connectivity index is 4.46. The maximum absolute atomic E-state index is 13.2. The Morgan fingerprint density at radius 3 is 1.21 bits per heavy atom. The van der Waals surface area contributed by atoms with Crippen LogP contribution in [-0.4, -0.2) is 46.9 Å². The van der Waals surface area contributed by atoms with E-state index >= 15 is 0 Å².